The maximum absolute atomic E-state index is 7.18. The molecule has 0 heterocycles. The van der Waals surface area contributed by atoms with Crippen LogP contribution in [0.5, 0.6) is 0 Å². The van der Waals surface area contributed by atoms with E-state index in [-0.39, 0.29) is 0 Å². The van der Waals surface area contributed by atoms with E-state index in [1.54, 1.807) is 0 Å². The van der Waals surface area contributed by atoms with Crippen LogP contribution in [0.15, 0.2) is 18.2 Å². The minimum Gasteiger partial charge on any atom is -0.326 e. The summed E-state index contributed by atoms with van der Waals surface area (Å²) in [6.07, 6.45) is 0. The van der Waals surface area contributed by atoms with E-state index in [0.717, 1.165) is 0 Å². The first-order valence-electron chi connectivity index (χ1n) is 3.65. The smallest absolute Gasteiger partial charge is 0.0595 e. The van der Waals surface area contributed by atoms with Gasteiger partial charge in [-0.15, -0.1) is 0 Å². The number of rotatable bonds is 1. The topological polar surface area (TPSA) is 26.0 Å². The fourth-order valence-corrected chi connectivity index (χ4v) is 0.884. The molecule has 0 spiro atoms. The molecule has 1 nitrogen and oxygen atoms in total. The van der Waals surface area contributed by atoms with Gasteiger partial charge in [-0.1, -0.05) is 29.3 Å². The molecule has 10 heavy (non-hydrogen) atoms. The quantitative estimate of drug-likeness (QED) is 0.702. The number of nitrogens with two attached hydrogens (primary N) is 1. The zero-order chi connectivity index (χ0) is 9.35. The van der Waals surface area contributed by atoms with Crippen molar-refractivity contribution >= 4 is 23.2 Å². The Balaban J connectivity index is 3.14. The summed E-state index contributed by atoms with van der Waals surface area (Å²) in [6, 6.07) is 4.45. The van der Waals surface area contributed by atoms with Crippen LogP contribution in [0.3, 0.4) is 0 Å². The minimum absolute atomic E-state index is 0.309. The van der Waals surface area contributed by atoms with Gasteiger partial charge in [-0.3, -0.25) is 0 Å². The molecule has 0 aliphatic carbocycles. The average molecular weight is 178 g/mol. The third kappa shape index (κ3) is 1.63. The van der Waals surface area contributed by atoms with Crippen LogP contribution in [-0.4, -0.2) is 0 Å². The van der Waals surface area contributed by atoms with E-state index in [1.165, 1.54) is 18.2 Å². The summed E-state index contributed by atoms with van der Waals surface area (Å²) in [5, 5.41) is 0.702. The van der Waals surface area contributed by atoms with Crippen LogP contribution >= 0.6 is 23.2 Å². The van der Waals surface area contributed by atoms with Crippen LogP contribution in [0.2, 0.25) is 10.0 Å². The van der Waals surface area contributed by atoms with Crippen LogP contribution < -0.4 is 5.73 Å². The highest BCUT2D eigenvalue weighted by molar-refractivity contribution is 6.41. The highest BCUT2D eigenvalue weighted by Gasteiger charge is 1.96. The molecule has 0 aliphatic heterocycles. The summed E-state index contributed by atoms with van der Waals surface area (Å²) in [5.74, 6) is 0. The number of halogens is 2. The van der Waals surface area contributed by atoms with Crippen molar-refractivity contribution in [1.29, 1.82) is 0 Å². The van der Waals surface area contributed by atoms with Gasteiger partial charge in [-0.2, -0.15) is 0 Å². The lowest BCUT2D eigenvalue weighted by atomic mass is 10.2. The molecular formula is C7H7Cl2N. The summed E-state index contributed by atoms with van der Waals surface area (Å²) in [7, 11) is 0. The number of benzene rings is 1. The van der Waals surface area contributed by atoms with Crippen molar-refractivity contribution in [2.45, 2.75) is 6.50 Å². The highest BCUT2D eigenvalue weighted by atomic mass is 35.5. The lowest BCUT2D eigenvalue weighted by molar-refractivity contribution is 1.07. The Morgan fingerprint density at radius 2 is 2.10 bits per heavy atom. The van der Waals surface area contributed by atoms with Crippen molar-refractivity contribution in [3.63, 3.8) is 0 Å². The Bertz CT molecular complexity index is 296. The molecule has 0 amide bonds. The average Bonchev–Trinajstić information content (AvgIpc) is 1.92. The molecule has 2 N–H and O–H groups in total. The Morgan fingerprint density at radius 3 is 2.60 bits per heavy atom. The van der Waals surface area contributed by atoms with Crippen LogP contribution in [0, 0.1) is 0 Å². The Hall–Kier alpha value is -0.240. The maximum atomic E-state index is 7.18. The van der Waals surface area contributed by atoms with Crippen LogP contribution in [0.25, 0.3) is 0 Å². The molecule has 1 aromatic rings. The Morgan fingerprint density at radius 1 is 1.40 bits per heavy atom. The van der Waals surface area contributed by atoms with Crippen LogP contribution in [0.1, 0.15) is 8.30 Å². The van der Waals surface area contributed by atoms with Crippen molar-refractivity contribution < 1.29 is 2.74 Å². The first-order chi connectivity index (χ1) is 5.41. The molecule has 0 saturated heterocycles. The lowest BCUT2D eigenvalue weighted by Gasteiger charge is -1.97. The van der Waals surface area contributed by atoms with E-state index < -0.39 is 6.50 Å². The van der Waals surface area contributed by atoms with Crippen molar-refractivity contribution in [2.75, 3.05) is 0 Å². The number of hydrogen-bond donors (Lipinski definition) is 1. The molecule has 3 heteroatoms. The van der Waals surface area contributed by atoms with E-state index in [4.69, 9.17) is 31.7 Å². The van der Waals surface area contributed by atoms with Crippen molar-refractivity contribution in [3.8, 4) is 0 Å². The fourth-order valence-electron chi connectivity index (χ4n) is 0.586. The van der Waals surface area contributed by atoms with Crippen molar-refractivity contribution in [2.24, 2.45) is 5.73 Å². The Labute approximate surface area is 72.6 Å². The lowest BCUT2D eigenvalue weighted by Crippen LogP contribution is -1.95. The van der Waals surface area contributed by atoms with E-state index in [2.05, 4.69) is 0 Å². The van der Waals surface area contributed by atoms with Gasteiger partial charge in [-0.05, 0) is 17.7 Å². The second kappa shape index (κ2) is 3.24. The predicted octanol–water partition coefficient (Wildman–Crippen LogP) is 2.45. The van der Waals surface area contributed by atoms with Gasteiger partial charge in [0.15, 0.2) is 0 Å². The monoisotopic (exact) mass is 177 g/mol. The summed E-state index contributed by atoms with van der Waals surface area (Å²) < 4.78 is 14.4. The summed E-state index contributed by atoms with van der Waals surface area (Å²) >= 11 is 11.3. The molecule has 54 valence electrons. The fraction of sp³-hybridized carbons (Fsp3) is 0.143. The van der Waals surface area contributed by atoms with Crippen LogP contribution in [0.4, 0.5) is 0 Å². The third-order valence-corrected chi connectivity index (χ3v) is 1.83. The molecule has 0 saturated carbocycles. The van der Waals surface area contributed by atoms with E-state index in [1.807, 2.05) is 0 Å². The standard InChI is InChI=1S/C7H7Cl2N/c8-6-2-1-5(4-10)3-7(6)9/h1-3H,4,10H2/i4D2. The number of hydrogen-bond acceptors (Lipinski definition) is 1. The minimum atomic E-state index is -1.87. The van der Waals surface area contributed by atoms with Crippen molar-refractivity contribution in [3.05, 3.63) is 33.8 Å². The zero-order valence-corrected chi connectivity index (χ0v) is 6.58. The molecule has 0 aromatic heterocycles. The first kappa shape index (κ1) is 5.42. The second-order valence-corrected chi connectivity index (χ2v) is 2.59. The Kier molecular flexibility index (Phi) is 1.75. The van der Waals surface area contributed by atoms with Gasteiger partial charge in [-0.25, -0.2) is 0 Å². The summed E-state index contributed by atoms with van der Waals surface area (Å²) in [6.45, 7) is -1.87. The SMILES string of the molecule is [2H]C([2H])(N)c1ccc(Cl)c(Cl)c1. The van der Waals surface area contributed by atoms with E-state index in [9.17, 15) is 0 Å². The molecule has 1 rings (SSSR count). The molecule has 0 fully saturated rings. The van der Waals surface area contributed by atoms with Crippen LogP contribution in [-0.2, 0) is 6.50 Å². The molecule has 0 atom stereocenters. The van der Waals surface area contributed by atoms with Gasteiger partial charge in [0.25, 0.3) is 0 Å². The van der Waals surface area contributed by atoms with E-state index >= 15 is 0 Å². The zero-order valence-electron chi connectivity index (χ0n) is 7.07. The predicted molar refractivity (Wildman–Crippen MR) is 44.4 cm³/mol. The normalized spacial score (nSPS) is 14.3. The molecule has 0 radical (unpaired) electrons. The largest absolute Gasteiger partial charge is 0.326 e. The first-order valence-corrected chi connectivity index (χ1v) is 3.41. The summed E-state index contributed by atoms with van der Waals surface area (Å²) in [5.41, 5.74) is 5.52. The van der Waals surface area contributed by atoms with Gasteiger partial charge in [0.2, 0.25) is 0 Å². The molecule has 0 unspecified atom stereocenters. The van der Waals surface area contributed by atoms with Crippen molar-refractivity contribution in [1.82, 2.24) is 0 Å². The second-order valence-electron chi connectivity index (χ2n) is 1.77. The van der Waals surface area contributed by atoms with Gasteiger partial charge in [0, 0.05) is 9.24 Å². The third-order valence-electron chi connectivity index (χ3n) is 1.09. The molecule has 0 bridgehead atoms. The highest BCUT2D eigenvalue weighted by Crippen LogP contribution is 2.21. The van der Waals surface area contributed by atoms with Gasteiger partial charge in [0.05, 0.1) is 10.0 Å². The van der Waals surface area contributed by atoms with E-state index in [0.29, 0.717) is 15.6 Å². The summed E-state index contributed by atoms with van der Waals surface area (Å²) in [4.78, 5) is 0. The van der Waals surface area contributed by atoms with Gasteiger partial charge >= 0.3 is 0 Å². The maximum Gasteiger partial charge on any atom is 0.0595 e. The van der Waals surface area contributed by atoms with Gasteiger partial charge in [0.1, 0.15) is 0 Å². The van der Waals surface area contributed by atoms with Gasteiger partial charge < -0.3 is 5.73 Å². The molecular weight excluding hydrogens is 169 g/mol. The molecule has 0 aliphatic rings. The molecule has 1 aromatic carbocycles.